The molecule has 14 heavy (non-hydrogen) atoms. The number of hydrogen-bond donors (Lipinski definition) is 0. The molecule has 0 bridgehead atoms. The number of nitrogens with zero attached hydrogens (tertiary/aromatic N) is 2. The molecule has 0 radical (unpaired) electrons. The van der Waals surface area contributed by atoms with Crippen molar-refractivity contribution in [2.45, 2.75) is 32.6 Å². The zero-order valence-electron chi connectivity index (χ0n) is 8.75. The molecule has 1 aromatic heterocycles. The summed E-state index contributed by atoms with van der Waals surface area (Å²) in [5, 5.41) is 0.0816. The summed E-state index contributed by atoms with van der Waals surface area (Å²) in [7, 11) is 0. The fourth-order valence-electron chi connectivity index (χ4n) is 1.22. The molecular weight excluding hydrogens is 200 g/mol. The van der Waals surface area contributed by atoms with E-state index in [0.717, 1.165) is 17.7 Å². The minimum atomic E-state index is 0.0816. The molecule has 0 fully saturated rings. The van der Waals surface area contributed by atoms with Gasteiger partial charge in [-0.2, -0.15) is 0 Å². The van der Waals surface area contributed by atoms with Crippen molar-refractivity contribution in [1.29, 1.82) is 0 Å². The first-order valence-corrected chi connectivity index (χ1v) is 5.16. The topological polar surface area (TPSA) is 35.0 Å². The third kappa shape index (κ3) is 2.84. The Labute approximate surface area is 89.5 Å². The molecule has 0 aromatic carbocycles. The average molecular weight is 215 g/mol. The molecule has 0 aliphatic rings. The second-order valence-corrected chi connectivity index (χ2v) is 3.91. The Morgan fingerprint density at radius 1 is 1.50 bits per heavy atom. The third-order valence-electron chi connectivity index (χ3n) is 1.90. The van der Waals surface area contributed by atoms with Gasteiger partial charge in [-0.1, -0.05) is 0 Å². The third-order valence-corrected chi connectivity index (χ3v) is 2.05. The van der Waals surface area contributed by atoms with Crippen LogP contribution in [0.5, 0.6) is 5.88 Å². The molecule has 0 saturated heterocycles. The molecule has 3 nitrogen and oxygen atoms in total. The summed E-state index contributed by atoms with van der Waals surface area (Å²) in [6.45, 7) is 6.46. The van der Waals surface area contributed by atoms with Gasteiger partial charge in [0, 0.05) is 17.4 Å². The van der Waals surface area contributed by atoms with Gasteiger partial charge >= 0.3 is 0 Å². The molecule has 0 spiro atoms. The van der Waals surface area contributed by atoms with Crippen LogP contribution in [0.15, 0.2) is 6.33 Å². The molecule has 4 heteroatoms. The van der Waals surface area contributed by atoms with Crippen LogP contribution in [0.3, 0.4) is 0 Å². The normalized spacial score (nSPS) is 12.6. The van der Waals surface area contributed by atoms with Gasteiger partial charge in [-0.15, -0.1) is 11.6 Å². The summed E-state index contributed by atoms with van der Waals surface area (Å²) in [5.41, 5.74) is 1.95. The predicted molar refractivity (Wildman–Crippen MR) is 57.0 cm³/mol. The molecule has 0 amide bonds. The number of hydrogen-bond acceptors (Lipinski definition) is 3. The van der Waals surface area contributed by atoms with Crippen LogP contribution in [0.25, 0.3) is 0 Å². The van der Waals surface area contributed by atoms with E-state index in [1.54, 1.807) is 0 Å². The fraction of sp³-hybridized carbons (Fsp3) is 0.600. The molecule has 78 valence electrons. The number of aromatic nitrogens is 2. The van der Waals surface area contributed by atoms with Crippen LogP contribution < -0.4 is 4.74 Å². The second kappa shape index (κ2) is 5.15. The van der Waals surface area contributed by atoms with Crippen molar-refractivity contribution in [1.82, 2.24) is 9.97 Å². The minimum absolute atomic E-state index is 0.0816. The lowest BCUT2D eigenvalue weighted by molar-refractivity contribution is 0.323. The van der Waals surface area contributed by atoms with Gasteiger partial charge < -0.3 is 4.74 Å². The van der Waals surface area contributed by atoms with Crippen LogP contribution >= 0.6 is 11.6 Å². The molecule has 0 saturated carbocycles. The zero-order valence-corrected chi connectivity index (χ0v) is 9.51. The Balaban J connectivity index is 2.89. The van der Waals surface area contributed by atoms with E-state index in [9.17, 15) is 0 Å². The maximum atomic E-state index is 5.91. The van der Waals surface area contributed by atoms with Gasteiger partial charge in [0.2, 0.25) is 5.88 Å². The largest absolute Gasteiger partial charge is 0.478 e. The lowest BCUT2D eigenvalue weighted by Gasteiger charge is -2.09. The van der Waals surface area contributed by atoms with E-state index in [2.05, 4.69) is 9.97 Å². The summed E-state index contributed by atoms with van der Waals surface area (Å²) < 4.78 is 5.36. The smallest absolute Gasteiger partial charge is 0.219 e. The lowest BCUT2D eigenvalue weighted by Crippen LogP contribution is -2.06. The molecule has 0 aliphatic heterocycles. The Kier molecular flexibility index (Phi) is 4.14. The Hall–Kier alpha value is -0.830. The van der Waals surface area contributed by atoms with Crippen LogP contribution in [-0.4, -0.2) is 22.0 Å². The van der Waals surface area contributed by atoms with Gasteiger partial charge in [-0.3, -0.25) is 0 Å². The first kappa shape index (κ1) is 11.2. The van der Waals surface area contributed by atoms with E-state index in [1.807, 2.05) is 20.8 Å². The van der Waals surface area contributed by atoms with Crippen LogP contribution in [0.2, 0.25) is 0 Å². The van der Waals surface area contributed by atoms with Crippen molar-refractivity contribution in [3.63, 3.8) is 0 Å². The first-order chi connectivity index (χ1) is 6.65. The van der Waals surface area contributed by atoms with E-state index in [0.29, 0.717) is 12.5 Å². The highest BCUT2D eigenvalue weighted by Crippen LogP contribution is 2.18. The molecule has 1 aromatic rings. The number of rotatable bonds is 4. The van der Waals surface area contributed by atoms with Crippen molar-refractivity contribution < 1.29 is 4.74 Å². The maximum Gasteiger partial charge on any atom is 0.219 e. The van der Waals surface area contributed by atoms with E-state index in [4.69, 9.17) is 16.3 Å². The van der Waals surface area contributed by atoms with Crippen molar-refractivity contribution in [2.75, 3.05) is 6.61 Å². The maximum absolute atomic E-state index is 5.91. The van der Waals surface area contributed by atoms with E-state index in [1.165, 1.54) is 6.33 Å². The minimum Gasteiger partial charge on any atom is -0.478 e. The molecule has 1 rings (SSSR count). The predicted octanol–water partition coefficient (Wildman–Crippen LogP) is 2.35. The van der Waals surface area contributed by atoms with Gasteiger partial charge in [0.1, 0.15) is 6.33 Å². The van der Waals surface area contributed by atoms with Gasteiger partial charge in [0.15, 0.2) is 0 Å². The highest BCUT2D eigenvalue weighted by atomic mass is 35.5. The van der Waals surface area contributed by atoms with Crippen LogP contribution in [0.1, 0.15) is 25.1 Å². The van der Waals surface area contributed by atoms with Crippen molar-refractivity contribution >= 4 is 11.6 Å². The number of alkyl halides is 1. The van der Waals surface area contributed by atoms with Crippen molar-refractivity contribution in [3.8, 4) is 5.88 Å². The number of ether oxygens (including phenoxy) is 1. The van der Waals surface area contributed by atoms with Gasteiger partial charge in [-0.05, 0) is 20.8 Å². The summed E-state index contributed by atoms with van der Waals surface area (Å²) in [4.78, 5) is 8.25. The van der Waals surface area contributed by atoms with Crippen molar-refractivity contribution in [2.24, 2.45) is 0 Å². The Morgan fingerprint density at radius 2 is 2.21 bits per heavy atom. The van der Waals surface area contributed by atoms with Crippen LogP contribution in [-0.2, 0) is 6.42 Å². The average Bonchev–Trinajstić information content (AvgIpc) is 2.11. The van der Waals surface area contributed by atoms with Gasteiger partial charge in [0.05, 0.1) is 12.3 Å². The highest BCUT2D eigenvalue weighted by Gasteiger charge is 2.09. The lowest BCUT2D eigenvalue weighted by atomic mass is 10.1. The Morgan fingerprint density at radius 3 is 2.79 bits per heavy atom. The molecule has 1 atom stereocenters. The molecule has 1 unspecified atom stereocenters. The van der Waals surface area contributed by atoms with Crippen LogP contribution in [0.4, 0.5) is 0 Å². The van der Waals surface area contributed by atoms with Gasteiger partial charge in [0.25, 0.3) is 0 Å². The quantitative estimate of drug-likeness (QED) is 0.722. The summed E-state index contributed by atoms with van der Waals surface area (Å²) >= 11 is 5.91. The monoisotopic (exact) mass is 214 g/mol. The summed E-state index contributed by atoms with van der Waals surface area (Å²) in [5.74, 6) is 0.662. The molecule has 0 N–H and O–H groups in total. The van der Waals surface area contributed by atoms with Crippen LogP contribution in [0, 0.1) is 6.92 Å². The molecular formula is C10H15ClN2O. The molecule has 0 aliphatic carbocycles. The summed E-state index contributed by atoms with van der Waals surface area (Å²) in [6, 6.07) is 0. The first-order valence-electron chi connectivity index (χ1n) is 4.72. The molecule has 1 heterocycles. The number of halogens is 1. The zero-order chi connectivity index (χ0) is 10.6. The van der Waals surface area contributed by atoms with Crippen molar-refractivity contribution in [3.05, 3.63) is 17.6 Å². The second-order valence-electron chi connectivity index (χ2n) is 3.17. The summed E-state index contributed by atoms with van der Waals surface area (Å²) in [6.07, 6.45) is 2.27. The Bertz CT molecular complexity index is 302. The fourth-order valence-corrected chi connectivity index (χ4v) is 1.37. The standard InChI is InChI=1S/C10H15ClN2O/c1-4-14-10-8(3)9(5-7(2)11)12-6-13-10/h6-7H,4-5H2,1-3H3. The SMILES string of the molecule is CCOc1ncnc(CC(C)Cl)c1C. The van der Waals surface area contributed by atoms with E-state index < -0.39 is 0 Å². The van der Waals surface area contributed by atoms with Gasteiger partial charge in [-0.25, -0.2) is 9.97 Å². The van der Waals surface area contributed by atoms with E-state index in [-0.39, 0.29) is 5.38 Å². The van der Waals surface area contributed by atoms with E-state index >= 15 is 0 Å². The highest BCUT2D eigenvalue weighted by molar-refractivity contribution is 6.20.